The van der Waals surface area contributed by atoms with Gasteiger partial charge in [-0.3, -0.25) is 0 Å². The van der Waals surface area contributed by atoms with Crippen molar-refractivity contribution in [2.45, 2.75) is 51.8 Å². The molecule has 9 heteroatoms. The number of sulfonamides is 1. The number of hydrogen-bond acceptors (Lipinski definition) is 7. The highest BCUT2D eigenvalue weighted by molar-refractivity contribution is 7.88. The number of ether oxygens (including phenoxy) is 1. The molecular formula is C19H28N4O4S. The van der Waals surface area contributed by atoms with Crippen molar-refractivity contribution < 1.29 is 17.7 Å². The molecular weight excluding hydrogens is 380 g/mol. The van der Waals surface area contributed by atoms with E-state index in [0.29, 0.717) is 50.7 Å². The highest BCUT2D eigenvalue weighted by Crippen LogP contribution is 2.27. The molecule has 1 aliphatic rings. The van der Waals surface area contributed by atoms with Crippen LogP contribution in [-0.2, 0) is 23.1 Å². The summed E-state index contributed by atoms with van der Waals surface area (Å²) in [6, 6.07) is 7.98. The summed E-state index contributed by atoms with van der Waals surface area (Å²) in [7, 11) is -3.12. The molecule has 0 amide bonds. The zero-order chi connectivity index (χ0) is 20.1. The van der Waals surface area contributed by atoms with Crippen molar-refractivity contribution in [3.05, 3.63) is 41.5 Å². The minimum atomic E-state index is -3.12. The standard InChI is InChI=1S/C19H28N4O4S/c1-14(2)26-17-6-4-15(5-7-17)12-20-13-18-21-19(22-27-18)16-8-10-23(11-9-16)28(3,24)25/h4-7,14,16,20H,8-13H2,1-3H3. The number of nitrogens with zero attached hydrogens (tertiary/aromatic N) is 3. The molecule has 1 fully saturated rings. The van der Waals surface area contributed by atoms with Crippen molar-refractivity contribution in [3.8, 4) is 5.75 Å². The lowest BCUT2D eigenvalue weighted by Gasteiger charge is -2.28. The topological polar surface area (TPSA) is 97.6 Å². The third-order valence-electron chi connectivity index (χ3n) is 4.67. The molecule has 1 aromatic heterocycles. The van der Waals surface area contributed by atoms with Crippen molar-refractivity contribution >= 4 is 10.0 Å². The lowest BCUT2D eigenvalue weighted by molar-refractivity contribution is 0.242. The highest BCUT2D eigenvalue weighted by Gasteiger charge is 2.28. The molecule has 154 valence electrons. The maximum Gasteiger partial charge on any atom is 0.240 e. The predicted octanol–water partition coefficient (Wildman–Crippen LogP) is 2.29. The molecule has 0 unspecified atom stereocenters. The number of piperidine rings is 1. The Morgan fingerprint density at radius 3 is 2.50 bits per heavy atom. The van der Waals surface area contributed by atoms with E-state index >= 15 is 0 Å². The van der Waals surface area contributed by atoms with E-state index in [0.717, 1.165) is 11.3 Å². The number of rotatable bonds is 8. The number of aromatic nitrogens is 2. The third kappa shape index (κ3) is 5.76. The number of nitrogens with one attached hydrogen (secondary N) is 1. The summed E-state index contributed by atoms with van der Waals surface area (Å²) in [4.78, 5) is 4.47. The SMILES string of the molecule is CC(C)Oc1ccc(CNCc2nc(C3CCN(S(C)(=O)=O)CC3)no2)cc1. The molecule has 0 atom stereocenters. The van der Waals surface area contributed by atoms with Crippen LogP contribution in [0.2, 0.25) is 0 Å². The van der Waals surface area contributed by atoms with Crippen LogP contribution >= 0.6 is 0 Å². The lowest BCUT2D eigenvalue weighted by Crippen LogP contribution is -2.37. The van der Waals surface area contributed by atoms with Crippen molar-refractivity contribution in [1.29, 1.82) is 0 Å². The van der Waals surface area contributed by atoms with Gasteiger partial charge < -0.3 is 14.6 Å². The quantitative estimate of drug-likeness (QED) is 0.715. The van der Waals surface area contributed by atoms with Gasteiger partial charge in [-0.2, -0.15) is 4.98 Å². The van der Waals surface area contributed by atoms with E-state index in [4.69, 9.17) is 9.26 Å². The van der Waals surface area contributed by atoms with Gasteiger partial charge in [0.1, 0.15) is 5.75 Å². The molecule has 0 spiro atoms. The lowest BCUT2D eigenvalue weighted by atomic mass is 9.98. The van der Waals surface area contributed by atoms with Crippen LogP contribution in [-0.4, -0.2) is 48.3 Å². The smallest absolute Gasteiger partial charge is 0.240 e. The second-order valence-corrected chi connectivity index (χ2v) is 9.38. The van der Waals surface area contributed by atoms with Gasteiger partial charge in [0, 0.05) is 25.6 Å². The summed E-state index contributed by atoms with van der Waals surface area (Å²) in [6.45, 7) is 6.18. The Labute approximate surface area is 166 Å². The summed E-state index contributed by atoms with van der Waals surface area (Å²) in [5.41, 5.74) is 1.14. The maximum absolute atomic E-state index is 11.6. The first-order chi connectivity index (χ1) is 13.3. The second kappa shape index (κ2) is 9.02. The molecule has 1 aromatic carbocycles. The fourth-order valence-electron chi connectivity index (χ4n) is 3.22. The van der Waals surface area contributed by atoms with Gasteiger partial charge >= 0.3 is 0 Å². The van der Waals surface area contributed by atoms with E-state index in [1.165, 1.54) is 10.6 Å². The average molecular weight is 409 g/mol. The fraction of sp³-hybridized carbons (Fsp3) is 0.579. The molecule has 8 nitrogen and oxygen atoms in total. The van der Waals surface area contributed by atoms with E-state index in [1.807, 2.05) is 38.1 Å². The van der Waals surface area contributed by atoms with Crippen LogP contribution in [0.1, 0.15) is 49.9 Å². The van der Waals surface area contributed by atoms with Crippen LogP contribution in [0.4, 0.5) is 0 Å². The Hall–Kier alpha value is -1.97. The van der Waals surface area contributed by atoms with Crippen molar-refractivity contribution in [2.75, 3.05) is 19.3 Å². The van der Waals surface area contributed by atoms with Gasteiger partial charge in [-0.15, -0.1) is 0 Å². The summed E-state index contributed by atoms with van der Waals surface area (Å²) in [6.07, 6.45) is 2.83. The van der Waals surface area contributed by atoms with Crippen LogP contribution in [0.15, 0.2) is 28.8 Å². The number of hydrogen-bond donors (Lipinski definition) is 1. The molecule has 2 heterocycles. The van der Waals surface area contributed by atoms with E-state index in [2.05, 4.69) is 15.5 Å². The van der Waals surface area contributed by atoms with E-state index < -0.39 is 10.0 Å². The summed E-state index contributed by atoms with van der Waals surface area (Å²) < 4.78 is 35.7. The Morgan fingerprint density at radius 2 is 1.89 bits per heavy atom. The fourth-order valence-corrected chi connectivity index (χ4v) is 4.10. The highest BCUT2D eigenvalue weighted by atomic mass is 32.2. The molecule has 2 aromatic rings. The van der Waals surface area contributed by atoms with Gasteiger partial charge in [0.25, 0.3) is 0 Å². The van der Waals surface area contributed by atoms with Crippen molar-refractivity contribution in [2.24, 2.45) is 0 Å². The van der Waals surface area contributed by atoms with Crippen molar-refractivity contribution in [3.63, 3.8) is 0 Å². The third-order valence-corrected chi connectivity index (χ3v) is 5.98. The average Bonchev–Trinajstić information content (AvgIpc) is 3.11. The first kappa shape index (κ1) is 20.8. The van der Waals surface area contributed by atoms with Gasteiger partial charge in [-0.1, -0.05) is 17.3 Å². The molecule has 0 bridgehead atoms. The zero-order valence-corrected chi connectivity index (χ0v) is 17.4. The van der Waals surface area contributed by atoms with Gasteiger partial charge in [-0.05, 0) is 44.4 Å². The molecule has 0 aliphatic carbocycles. The molecule has 1 saturated heterocycles. The monoisotopic (exact) mass is 408 g/mol. The maximum atomic E-state index is 11.6. The molecule has 1 N–H and O–H groups in total. The number of benzene rings is 1. The van der Waals surface area contributed by atoms with Crippen LogP contribution in [0.25, 0.3) is 0 Å². The van der Waals surface area contributed by atoms with Gasteiger partial charge in [0.15, 0.2) is 5.82 Å². The van der Waals surface area contributed by atoms with E-state index in [1.54, 1.807) is 0 Å². The second-order valence-electron chi connectivity index (χ2n) is 7.40. The zero-order valence-electron chi connectivity index (χ0n) is 16.6. The predicted molar refractivity (Wildman–Crippen MR) is 105 cm³/mol. The molecule has 3 rings (SSSR count). The summed E-state index contributed by atoms with van der Waals surface area (Å²) in [5.74, 6) is 2.21. The van der Waals surface area contributed by atoms with Crippen LogP contribution < -0.4 is 10.1 Å². The Balaban J connectivity index is 1.45. The van der Waals surface area contributed by atoms with Crippen molar-refractivity contribution in [1.82, 2.24) is 19.8 Å². The Kier molecular flexibility index (Phi) is 6.69. The van der Waals surface area contributed by atoms with Crippen LogP contribution in [0.5, 0.6) is 5.75 Å². The molecule has 0 saturated carbocycles. The van der Waals surface area contributed by atoms with Crippen LogP contribution in [0, 0.1) is 0 Å². The first-order valence-electron chi connectivity index (χ1n) is 9.55. The van der Waals surface area contributed by atoms with Gasteiger partial charge in [0.2, 0.25) is 15.9 Å². The first-order valence-corrected chi connectivity index (χ1v) is 11.4. The molecule has 28 heavy (non-hydrogen) atoms. The molecule has 1 aliphatic heterocycles. The summed E-state index contributed by atoms with van der Waals surface area (Å²) in [5, 5.41) is 7.38. The van der Waals surface area contributed by atoms with Gasteiger partial charge in [-0.25, -0.2) is 12.7 Å². The minimum absolute atomic E-state index is 0.143. The van der Waals surface area contributed by atoms with E-state index in [-0.39, 0.29) is 12.0 Å². The molecule has 0 radical (unpaired) electrons. The summed E-state index contributed by atoms with van der Waals surface area (Å²) >= 11 is 0. The van der Waals surface area contributed by atoms with E-state index in [9.17, 15) is 8.42 Å². The largest absolute Gasteiger partial charge is 0.491 e. The van der Waals surface area contributed by atoms with Gasteiger partial charge in [0.05, 0.1) is 18.9 Å². The normalized spacial score (nSPS) is 16.6. The Bertz CT molecular complexity index is 856. The Morgan fingerprint density at radius 1 is 1.21 bits per heavy atom. The van der Waals surface area contributed by atoms with Crippen LogP contribution in [0.3, 0.4) is 0 Å². The minimum Gasteiger partial charge on any atom is -0.491 e.